The van der Waals surface area contributed by atoms with Gasteiger partial charge in [0.2, 0.25) is 0 Å². The van der Waals surface area contributed by atoms with Crippen molar-refractivity contribution < 1.29 is 8.78 Å². The van der Waals surface area contributed by atoms with Gasteiger partial charge in [0.15, 0.2) is 0 Å². The molecule has 0 N–H and O–H groups in total. The van der Waals surface area contributed by atoms with Gasteiger partial charge in [-0.3, -0.25) is 0 Å². The number of aromatic nitrogens is 2. The van der Waals surface area contributed by atoms with Crippen LogP contribution in [0.1, 0.15) is 6.55 Å². The molecule has 0 aliphatic carbocycles. The average Bonchev–Trinajstić information content (AvgIpc) is 2.13. The molecule has 0 amide bonds. The molecule has 0 saturated heterocycles. The molecule has 1 rings (SSSR count). The minimum atomic E-state index is -2.52. The Bertz CT molecular complexity index is 198. The number of halogens is 3. The van der Waals surface area contributed by atoms with Crippen molar-refractivity contribution in [3.8, 4) is 0 Å². The van der Waals surface area contributed by atoms with Crippen molar-refractivity contribution in [2.24, 2.45) is 0 Å². The summed E-state index contributed by atoms with van der Waals surface area (Å²) in [7, 11) is 0. The third-order valence-electron chi connectivity index (χ3n) is 0.807. The van der Waals surface area contributed by atoms with Crippen LogP contribution in [-0.2, 0) is 0 Å². The maximum Gasteiger partial charge on any atom is 0.334 e. The summed E-state index contributed by atoms with van der Waals surface area (Å²) in [6, 6.07) is 1.52. The molecule has 0 fully saturated rings. The van der Waals surface area contributed by atoms with Gasteiger partial charge in [-0.15, -0.1) is 0 Å². The highest BCUT2D eigenvalue weighted by atomic mass is 127. The van der Waals surface area contributed by atoms with E-state index < -0.39 is 6.55 Å². The first kappa shape index (κ1) is 6.91. The van der Waals surface area contributed by atoms with E-state index >= 15 is 0 Å². The molecule has 0 saturated carbocycles. The minimum absolute atomic E-state index is 0.447. The molecule has 0 atom stereocenters. The first-order valence-electron chi connectivity index (χ1n) is 2.19. The lowest BCUT2D eigenvalue weighted by atomic mass is 10.8. The van der Waals surface area contributed by atoms with E-state index in [4.69, 9.17) is 0 Å². The molecule has 1 heterocycles. The Morgan fingerprint density at radius 3 is 2.56 bits per heavy atom. The van der Waals surface area contributed by atoms with Gasteiger partial charge >= 0.3 is 6.55 Å². The number of alkyl halides is 2. The largest absolute Gasteiger partial charge is 0.334 e. The van der Waals surface area contributed by atoms with Crippen molar-refractivity contribution in [2.75, 3.05) is 0 Å². The Kier molecular flexibility index (Phi) is 1.99. The Labute approximate surface area is 64.0 Å². The SMILES string of the molecule is FC(F)n1nccc1I. The topological polar surface area (TPSA) is 17.8 Å². The van der Waals surface area contributed by atoms with E-state index in [-0.39, 0.29) is 0 Å². The van der Waals surface area contributed by atoms with E-state index in [9.17, 15) is 8.78 Å². The zero-order valence-electron chi connectivity index (χ0n) is 4.26. The normalized spacial score (nSPS) is 10.7. The Morgan fingerprint density at radius 1 is 1.67 bits per heavy atom. The van der Waals surface area contributed by atoms with Crippen LogP contribution >= 0.6 is 22.6 Å². The number of hydrogen-bond donors (Lipinski definition) is 0. The van der Waals surface area contributed by atoms with Crippen LogP contribution in [-0.4, -0.2) is 9.78 Å². The van der Waals surface area contributed by atoms with Crippen LogP contribution in [0.25, 0.3) is 0 Å². The quantitative estimate of drug-likeness (QED) is 0.689. The van der Waals surface area contributed by atoms with Gasteiger partial charge in [-0.2, -0.15) is 18.6 Å². The molecule has 9 heavy (non-hydrogen) atoms. The molecule has 2 nitrogen and oxygen atoms in total. The van der Waals surface area contributed by atoms with Gasteiger partial charge in [0.1, 0.15) is 3.70 Å². The van der Waals surface area contributed by atoms with Crippen LogP contribution in [0.2, 0.25) is 0 Å². The highest BCUT2D eigenvalue weighted by Crippen LogP contribution is 2.12. The summed E-state index contributed by atoms with van der Waals surface area (Å²) in [6.45, 7) is -2.52. The molecule has 0 bridgehead atoms. The predicted molar refractivity (Wildman–Crippen MR) is 36.2 cm³/mol. The van der Waals surface area contributed by atoms with E-state index in [1.54, 1.807) is 22.6 Å². The average molecular weight is 244 g/mol. The summed E-state index contributed by atoms with van der Waals surface area (Å²) < 4.78 is 24.6. The van der Waals surface area contributed by atoms with E-state index in [2.05, 4.69) is 5.10 Å². The highest BCUT2D eigenvalue weighted by Gasteiger charge is 2.07. The summed E-state index contributed by atoms with van der Waals surface area (Å²) in [6.07, 6.45) is 1.34. The summed E-state index contributed by atoms with van der Waals surface area (Å²) in [5, 5.41) is 3.37. The predicted octanol–water partition coefficient (Wildman–Crippen LogP) is 1.88. The van der Waals surface area contributed by atoms with Gasteiger partial charge in [0.05, 0.1) is 6.20 Å². The summed E-state index contributed by atoms with van der Waals surface area (Å²) >= 11 is 1.79. The zero-order valence-corrected chi connectivity index (χ0v) is 6.42. The molecule has 0 aliphatic rings. The van der Waals surface area contributed by atoms with Gasteiger partial charge in [0.25, 0.3) is 0 Å². The minimum Gasteiger partial charge on any atom is -0.198 e. The second kappa shape index (κ2) is 2.59. The second-order valence-electron chi connectivity index (χ2n) is 1.38. The summed E-state index contributed by atoms with van der Waals surface area (Å²) in [5.41, 5.74) is 0. The standard InChI is InChI=1S/C4H3F2IN2/c5-4(6)9-3(7)1-2-8-9/h1-2,4H. The lowest BCUT2D eigenvalue weighted by Crippen LogP contribution is -2.01. The number of hydrogen-bond acceptors (Lipinski definition) is 1. The van der Waals surface area contributed by atoms with Crippen molar-refractivity contribution in [1.29, 1.82) is 0 Å². The Balaban J connectivity index is 2.94. The van der Waals surface area contributed by atoms with Crippen LogP contribution in [0.5, 0.6) is 0 Å². The van der Waals surface area contributed by atoms with E-state index in [0.29, 0.717) is 8.38 Å². The molecular formula is C4H3F2IN2. The van der Waals surface area contributed by atoms with Crippen molar-refractivity contribution in [2.45, 2.75) is 6.55 Å². The fourth-order valence-corrected chi connectivity index (χ4v) is 0.938. The van der Waals surface area contributed by atoms with Crippen molar-refractivity contribution >= 4 is 22.6 Å². The second-order valence-corrected chi connectivity index (χ2v) is 2.48. The third-order valence-corrected chi connectivity index (χ3v) is 1.66. The number of rotatable bonds is 1. The molecule has 1 aromatic rings. The van der Waals surface area contributed by atoms with Crippen LogP contribution in [0.15, 0.2) is 12.3 Å². The molecule has 5 heteroatoms. The molecule has 0 unspecified atom stereocenters. The monoisotopic (exact) mass is 244 g/mol. The van der Waals surface area contributed by atoms with Crippen LogP contribution in [0, 0.1) is 3.70 Å². The molecule has 50 valence electrons. The van der Waals surface area contributed by atoms with Gasteiger partial charge in [0, 0.05) is 0 Å². The van der Waals surface area contributed by atoms with Crippen LogP contribution in [0.3, 0.4) is 0 Å². The van der Waals surface area contributed by atoms with Gasteiger partial charge in [-0.05, 0) is 28.7 Å². The smallest absolute Gasteiger partial charge is 0.198 e. The van der Waals surface area contributed by atoms with E-state index in [1.807, 2.05) is 0 Å². The highest BCUT2D eigenvalue weighted by molar-refractivity contribution is 14.1. The van der Waals surface area contributed by atoms with Gasteiger partial charge < -0.3 is 0 Å². The summed E-state index contributed by atoms with van der Waals surface area (Å²) in [4.78, 5) is 0. The maximum atomic E-state index is 11.8. The van der Waals surface area contributed by atoms with Gasteiger partial charge in [-0.25, -0.2) is 0 Å². The van der Waals surface area contributed by atoms with Crippen LogP contribution in [0.4, 0.5) is 8.78 Å². The Morgan fingerprint density at radius 2 is 2.33 bits per heavy atom. The maximum absolute atomic E-state index is 11.8. The van der Waals surface area contributed by atoms with Crippen molar-refractivity contribution in [3.63, 3.8) is 0 Å². The molecule has 1 aromatic heterocycles. The fourth-order valence-electron chi connectivity index (χ4n) is 0.442. The lowest BCUT2D eigenvalue weighted by Gasteiger charge is -1.97. The zero-order chi connectivity index (χ0) is 6.85. The Hall–Kier alpha value is -0.200. The molecule has 0 aliphatic heterocycles. The molecule has 0 radical (unpaired) electrons. The number of nitrogens with zero attached hydrogens (tertiary/aromatic N) is 2. The van der Waals surface area contributed by atoms with Crippen molar-refractivity contribution in [3.05, 3.63) is 16.0 Å². The molecule has 0 spiro atoms. The van der Waals surface area contributed by atoms with E-state index in [0.717, 1.165) is 0 Å². The molecular weight excluding hydrogens is 241 g/mol. The van der Waals surface area contributed by atoms with Crippen LogP contribution < -0.4 is 0 Å². The third kappa shape index (κ3) is 1.38. The summed E-state index contributed by atoms with van der Waals surface area (Å²) in [5.74, 6) is 0. The van der Waals surface area contributed by atoms with E-state index in [1.165, 1.54) is 12.3 Å². The fraction of sp³-hybridized carbons (Fsp3) is 0.250. The molecule has 0 aromatic carbocycles. The van der Waals surface area contributed by atoms with Gasteiger partial charge in [-0.1, -0.05) is 0 Å². The first-order valence-corrected chi connectivity index (χ1v) is 3.27. The lowest BCUT2D eigenvalue weighted by molar-refractivity contribution is 0.0538. The van der Waals surface area contributed by atoms with Crippen molar-refractivity contribution in [1.82, 2.24) is 9.78 Å². The first-order chi connectivity index (χ1) is 4.22.